The van der Waals surface area contributed by atoms with Crippen molar-refractivity contribution in [3.63, 3.8) is 0 Å². The fourth-order valence-corrected chi connectivity index (χ4v) is 2.98. The molecule has 0 N–H and O–H groups in total. The highest BCUT2D eigenvalue weighted by Gasteiger charge is 2.26. The Bertz CT molecular complexity index is 746. The van der Waals surface area contributed by atoms with E-state index in [9.17, 15) is 13.6 Å². The van der Waals surface area contributed by atoms with Gasteiger partial charge in [-0.3, -0.25) is 4.79 Å². The van der Waals surface area contributed by atoms with Crippen molar-refractivity contribution >= 4 is 11.6 Å². The minimum atomic E-state index is -0.668. The SMILES string of the molecule is COc1ccccc1CC(=O)N1CCCc2c(F)cc(F)cc21. The van der Waals surface area contributed by atoms with Crippen LogP contribution in [0.1, 0.15) is 17.5 Å². The van der Waals surface area contributed by atoms with Crippen molar-refractivity contribution in [3.05, 3.63) is 59.2 Å². The fourth-order valence-electron chi connectivity index (χ4n) is 2.98. The highest BCUT2D eigenvalue weighted by Crippen LogP contribution is 2.31. The van der Waals surface area contributed by atoms with Crippen molar-refractivity contribution < 1.29 is 18.3 Å². The quantitative estimate of drug-likeness (QED) is 0.867. The third-order valence-corrected chi connectivity index (χ3v) is 4.07. The summed E-state index contributed by atoms with van der Waals surface area (Å²) >= 11 is 0. The molecule has 0 fully saturated rings. The molecule has 0 saturated heterocycles. The molecule has 1 amide bonds. The molecular formula is C18H17F2NO2. The summed E-state index contributed by atoms with van der Waals surface area (Å²) in [5, 5.41) is 0. The van der Waals surface area contributed by atoms with Crippen LogP contribution in [0.15, 0.2) is 36.4 Å². The number of methoxy groups -OCH3 is 1. The number of halogens is 2. The monoisotopic (exact) mass is 317 g/mol. The number of ether oxygens (including phenoxy) is 1. The molecule has 1 aliphatic rings. The molecule has 2 aromatic rings. The van der Waals surface area contributed by atoms with E-state index in [0.717, 1.165) is 11.6 Å². The Morgan fingerprint density at radius 3 is 2.83 bits per heavy atom. The van der Waals surface area contributed by atoms with Gasteiger partial charge in [0, 0.05) is 23.7 Å². The molecule has 120 valence electrons. The van der Waals surface area contributed by atoms with E-state index in [1.807, 2.05) is 18.2 Å². The summed E-state index contributed by atoms with van der Waals surface area (Å²) < 4.78 is 32.7. The van der Waals surface area contributed by atoms with Crippen molar-refractivity contribution in [1.82, 2.24) is 0 Å². The van der Waals surface area contributed by atoms with E-state index in [1.54, 1.807) is 13.2 Å². The maximum Gasteiger partial charge on any atom is 0.231 e. The largest absolute Gasteiger partial charge is 0.496 e. The zero-order valence-corrected chi connectivity index (χ0v) is 12.8. The van der Waals surface area contributed by atoms with Crippen LogP contribution in [-0.2, 0) is 17.6 Å². The number of benzene rings is 2. The minimum absolute atomic E-state index is 0.127. The Hall–Kier alpha value is -2.43. The van der Waals surface area contributed by atoms with Gasteiger partial charge in [0.25, 0.3) is 0 Å². The van der Waals surface area contributed by atoms with Crippen LogP contribution in [0, 0.1) is 11.6 Å². The Kier molecular flexibility index (Phi) is 4.28. The average molecular weight is 317 g/mol. The van der Waals surface area contributed by atoms with Crippen LogP contribution in [0.25, 0.3) is 0 Å². The maximum atomic E-state index is 13.9. The first kappa shape index (κ1) is 15.5. The van der Waals surface area contributed by atoms with Crippen molar-refractivity contribution in [1.29, 1.82) is 0 Å². The van der Waals surface area contributed by atoms with E-state index in [4.69, 9.17) is 4.74 Å². The molecule has 0 spiro atoms. The lowest BCUT2D eigenvalue weighted by Gasteiger charge is -2.30. The zero-order chi connectivity index (χ0) is 16.4. The molecule has 3 nitrogen and oxygen atoms in total. The van der Waals surface area contributed by atoms with Gasteiger partial charge in [-0.05, 0) is 25.0 Å². The van der Waals surface area contributed by atoms with E-state index in [0.29, 0.717) is 36.4 Å². The third-order valence-electron chi connectivity index (χ3n) is 4.07. The van der Waals surface area contributed by atoms with Crippen LogP contribution in [0.2, 0.25) is 0 Å². The molecule has 1 heterocycles. The highest BCUT2D eigenvalue weighted by atomic mass is 19.1. The van der Waals surface area contributed by atoms with Gasteiger partial charge in [-0.1, -0.05) is 18.2 Å². The molecule has 0 aliphatic carbocycles. The van der Waals surface area contributed by atoms with E-state index >= 15 is 0 Å². The average Bonchev–Trinajstić information content (AvgIpc) is 2.54. The zero-order valence-electron chi connectivity index (χ0n) is 12.8. The first-order valence-corrected chi connectivity index (χ1v) is 7.50. The summed E-state index contributed by atoms with van der Waals surface area (Å²) in [5.41, 5.74) is 1.50. The summed E-state index contributed by atoms with van der Waals surface area (Å²) in [5.74, 6) is -0.822. The molecule has 0 radical (unpaired) electrons. The van der Waals surface area contributed by atoms with Crippen LogP contribution in [0.3, 0.4) is 0 Å². The Balaban J connectivity index is 1.90. The first-order chi connectivity index (χ1) is 11.1. The van der Waals surface area contributed by atoms with Gasteiger partial charge in [-0.15, -0.1) is 0 Å². The normalized spacial score (nSPS) is 13.6. The Morgan fingerprint density at radius 1 is 1.26 bits per heavy atom. The highest BCUT2D eigenvalue weighted by molar-refractivity contribution is 5.96. The number of hydrogen-bond acceptors (Lipinski definition) is 2. The topological polar surface area (TPSA) is 29.5 Å². The summed E-state index contributed by atoms with van der Waals surface area (Å²) in [4.78, 5) is 14.1. The molecule has 23 heavy (non-hydrogen) atoms. The number of anilines is 1. The van der Waals surface area contributed by atoms with Gasteiger partial charge in [-0.25, -0.2) is 8.78 Å². The number of amides is 1. The van der Waals surface area contributed by atoms with Crippen molar-refractivity contribution in [2.75, 3.05) is 18.6 Å². The predicted octanol–water partition coefficient (Wildman–Crippen LogP) is 3.50. The number of carbonyl (C=O) groups is 1. The summed E-state index contributed by atoms with van der Waals surface area (Å²) in [6.45, 7) is 0.462. The minimum Gasteiger partial charge on any atom is -0.496 e. The first-order valence-electron chi connectivity index (χ1n) is 7.50. The van der Waals surface area contributed by atoms with Crippen LogP contribution >= 0.6 is 0 Å². The number of carbonyl (C=O) groups excluding carboxylic acids is 1. The summed E-state index contributed by atoms with van der Waals surface area (Å²) in [7, 11) is 1.55. The molecule has 0 atom stereocenters. The molecule has 1 aliphatic heterocycles. The van der Waals surface area contributed by atoms with Gasteiger partial charge in [0.2, 0.25) is 5.91 Å². The van der Waals surface area contributed by atoms with Gasteiger partial charge >= 0.3 is 0 Å². The number of fused-ring (bicyclic) bond motifs is 1. The van der Waals surface area contributed by atoms with E-state index in [1.165, 1.54) is 11.0 Å². The molecule has 2 aromatic carbocycles. The molecule has 3 rings (SSSR count). The number of nitrogens with zero attached hydrogens (tertiary/aromatic N) is 1. The number of rotatable bonds is 3. The maximum absolute atomic E-state index is 13.9. The van der Waals surface area contributed by atoms with Gasteiger partial charge in [-0.2, -0.15) is 0 Å². The van der Waals surface area contributed by atoms with Gasteiger partial charge < -0.3 is 9.64 Å². The molecule has 0 aromatic heterocycles. The van der Waals surface area contributed by atoms with Crippen molar-refractivity contribution in [3.8, 4) is 5.75 Å². The van der Waals surface area contributed by atoms with E-state index in [2.05, 4.69) is 0 Å². The van der Waals surface area contributed by atoms with Crippen molar-refractivity contribution in [2.24, 2.45) is 0 Å². The van der Waals surface area contributed by atoms with Gasteiger partial charge in [0.1, 0.15) is 17.4 Å². The molecule has 0 bridgehead atoms. The lowest BCUT2D eigenvalue weighted by molar-refractivity contribution is -0.118. The second kappa shape index (κ2) is 6.36. The molecule has 5 heteroatoms. The second-order valence-corrected chi connectivity index (χ2v) is 5.52. The lowest BCUT2D eigenvalue weighted by atomic mass is 9.99. The third kappa shape index (κ3) is 3.04. The Labute approximate surface area is 133 Å². The van der Waals surface area contributed by atoms with Crippen molar-refractivity contribution in [2.45, 2.75) is 19.3 Å². The van der Waals surface area contributed by atoms with Crippen LogP contribution in [-0.4, -0.2) is 19.6 Å². The smallest absolute Gasteiger partial charge is 0.231 e. The van der Waals surface area contributed by atoms with E-state index < -0.39 is 11.6 Å². The fraction of sp³-hybridized carbons (Fsp3) is 0.278. The molecule has 0 unspecified atom stereocenters. The van der Waals surface area contributed by atoms with Crippen LogP contribution in [0.5, 0.6) is 5.75 Å². The molecule has 0 saturated carbocycles. The van der Waals surface area contributed by atoms with Gasteiger partial charge in [0.05, 0.1) is 19.2 Å². The lowest BCUT2D eigenvalue weighted by Crippen LogP contribution is -2.37. The number of para-hydroxylation sites is 1. The summed E-state index contributed by atoms with van der Waals surface area (Å²) in [6, 6.07) is 9.35. The predicted molar refractivity (Wildman–Crippen MR) is 83.7 cm³/mol. The van der Waals surface area contributed by atoms with E-state index in [-0.39, 0.29) is 12.3 Å². The number of hydrogen-bond donors (Lipinski definition) is 0. The van der Waals surface area contributed by atoms with Crippen LogP contribution < -0.4 is 9.64 Å². The van der Waals surface area contributed by atoms with Crippen LogP contribution in [0.4, 0.5) is 14.5 Å². The molecular weight excluding hydrogens is 300 g/mol. The summed E-state index contributed by atoms with van der Waals surface area (Å²) in [6.07, 6.45) is 1.30. The van der Waals surface area contributed by atoms with Gasteiger partial charge in [0.15, 0.2) is 0 Å². The second-order valence-electron chi connectivity index (χ2n) is 5.52. The Morgan fingerprint density at radius 2 is 2.04 bits per heavy atom. The standard InChI is InChI=1S/C18H17F2NO2/c1-23-17-7-3-2-5-12(17)9-18(22)21-8-4-6-14-15(20)10-13(19)11-16(14)21/h2-3,5,7,10-11H,4,6,8-9H2,1H3.